The van der Waals surface area contributed by atoms with Gasteiger partial charge in [0.05, 0.1) is 11.8 Å². The highest BCUT2D eigenvalue weighted by atomic mass is 16.5. The van der Waals surface area contributed by atoms with Crippen molar-refractivity contribution in [3.05, 3.63) is 47.9 Å². The normalized spacial score (nSPS) is 17.3. The second kappa shape index (κ2) is 6.72. The van der Waals surface area contributed by atoms with Gasteiger partial charge in [0.2, 0.25) is 5.88 Å². The third-order valence-corrected chi connectivity index (χ3v) is 3.66. The summed E-state index contributed by atoms with van der Waals surface area (Å²) in [5.41, 5.74) is 6.73. The summed E-state index contributed by atoms with van der Waals surface area (Å²) in [6.45, 7) is 1.24. The summed E-state index contributed by atoms with van der Waals surface area (Å²) < 4.78 is 5.67. The van der Waals surface area contributed by atoms with E-state index in [2.05, 4.69) is 9.97 Å². The standard InChI is InChI=1S/C16H18N4O3/c17-8-12-7-15(19-10-18-12)23-14-3-1-2-11(6-14)16(22)20-5-4-13(21)9-20/h1-3,6-7,10,13,21H,4-5,8-9,17H2. The lowest BCUT2D eigenvalue weighted by Gasteiger charge is -2.16. The molecular weight excluding hydrogens is 296 g/mol. The topological polar surface area (TPSA) is 102 Å². The number of carbonyl (C=O) groups is 1. The number of rotatable bonds is 4. The number of aromatic nitrogens is 2. The Morgan fingerprint density at radius 3 is 3.00 bits per heavy atom. The minimum absolute atomic E-state index is 0.114. The molecule has 2 aromatic rings. The van der Waals surface area contributed by atoms with Crippen LogP contribution >= 0.6 is 0 Å². The number of β-amino-alcohol motifs (C(OH)–C–C–N with tert-alkyl or cyclic N) is 1. The first-order valence-corrected chi connectivity index (χ1v) is 7.42. The van der Waals surface area contributed by atoms with Crippen molar-refractivity contribution in [2.24, 2.45) is 5.73 Å². The average Bonchev–Trinajstić information content (AvgIpc) is 3.01. The molecule has 3 rings (SSSR count). The van der Waals surface area contributed by atoms with Gasteiger partial charge in [0, 0.05) is 31.3 Å². The van der Waals surface area contributed by atoms with Crippen LogP contribution in [0.1, 0.15) is 22.5 Å². The fraction of sp³-hybridized carbons (Fsp3) is 0.312. The second-order valence-electron chi connectivity index (χ2n) is 5.38. The number of aliphatic hydroxyl groups is 1. The van der Waals surface area contributed by atoms with Gasteiger partial charge in [-0.2, -0.15) is 0 Å². The minimum atomic E-state index is -0.436. The van der Waals surface area contributed by atoms with Crippen LogP contribution in [0.15, 0.2) is 36.7 Å². The van der Waals surface area contributed by atoms with Crippen LogP contribution in [0.5, 0.6) is 11.6 Å². The van der Waals surface area contributed by atoms with E-state index in [1.54, 1.807) is 35.2 Å². The van der Waals surface area contributed by atoms with Crippen LogP contribution < -0.4 is 10.5 Å². The maximum atomic E-state index is 12.4. The highest BCUT2D eigenvalue weighted by Crippen LogP contribution is 2.22. The van der Waals surface area contributed by atoms with Crippen LogP contribution in [-0.2, 0) is 6.54 Å². The third-order valence-electron chi connectivity index (χ3n) is 3.66. The molecule has 120 valence electrons. The first kappa shape index (κ1) is 15.4. The van der Waals surface area contributed by atoms with E-state index in [-0.39, 0.29) is 5.91 Å². The lowest BCUT2D eigenvalue weighted by molar-refractivity contribution is 0.0764. The summed E-state index contributed by atoms with van der Waals surface area (Å²) in [4.78, 5) is 22.1. The number of nitrogens with two attached hydrogens (primary N) is 1. The van der Waals surface area contributed by atoms with Crippen molar-refractivity contribution in [3.8, 4) is 11.6 Å². The molecule has 0 spiro atoms. The number of nitrogens with zero attached hydrogens (tertiary/aromatic N) is 3. The van der Waals surface area contributed by atoms with Gasteiger partial charge in [0.15, 0.2) is 0 Å². The van der Waals surface area contributed by atoms with Crippen molar-refractivity contribution in [1.82, 2.24) is 14.9 Å². The van der Waals surface area contributed by atoms with Crippen LogP contribution in [0.3, 0.4) is 0 Å². The lowest BCUT2D eigenvalue weighted by atomic mass is 10.2. The van der Waals surface area contributed by atoms with Crippen molar-refractivity contribution >= 4 is 5.91 Å². The van der Waals surface area contributed by atoms with Crippen molar-refractivity contribution in [2.75, 3.05) is 13.1 Å². The van der Waals surface area contributed by atoms with Gasteiger partial charge in [-0.05, 0) is 24.6 Å². The summed E-state index contributed by atoms with van der Waals surface area (Å²) in [7, 11) is 0. The maximum Gasteiger partial charge on any atom is 0.254 e. The number of likely N-dealkylation sites (tertiary alicyclic amines) is 1. The Labute approximate surface area is 133 Å². The van der Waals surface area contributed by atoms with Crippen LogP contribution in [-0.4, -0.2) is 45.1 Å². The molecule has 1 saturated heterocycles. The van der Waals surface area contributed by atoms with Crippen LogP contribution in [0.25, 0.3) is 0 Å². The molecule has 1 aliphatic rings. The Hall–Kier alpha value is -2.51. The molecule has 3 N–H and O–H groups in total. The summed E-state index contributed by atoms with van der Waals surface area (Å²) in [5, 5.41) is 9.55. The Morgan fingerprint density at radius 1 is 1.39 bits per heavy atom. The van der Waals surface area contributed by atoms with E-state index in [1.165, 1.54) is 6.33 Å². The minimum Gasteiger partial charge on any atom is -0.439 e. The first-order chi connectivity index (χ1) is 11.2. The summed E-state index contributed by atoms with van der Waals surface area (Å²) >= 11 is 0. The van der Waals surface area contributed by atoms with Crippen LogP contribution in [0, 0.1) is 0 Å². The Kier molecular flexibility index (Phi) is 4.50. The smallest absolute Gasteiger partial charge is 0.254 e. The number of benzene rings is 1. The number of carbonyl (C=O) groups excluding carboxylic acids is 1. The number of hydrogen-bond acceptors (Lipinski definition) is 6. The number of ether oxygens (including phenoxy) is 1. The molecule has 1 amide bonds. The molecule has 7 nitrogen and oxygen atoms in total. The van der Waals surface area contributed by atoms with Gasteiger partial charge in [0.25, 0.3) is 5.91 Å². The predicted octanol–water partition coefficient (Wildman–Crippen LogP) is 0.934. The third kappa shape index (κ3) is 3.64. The summed E-state index contributed by atoms with van der Waals surface area (Å²) in [6.07, 6.45) is 1.57. The second-order valence-corrected chi connectivity index (χ2v) is 5.38. The first-order valence-electron chi connectivity index (χ1n) is 7.42. The molecule has 1 atom stereocenters. The Balaban J connectivity index is 1.75. The van der Waals surface area contributed by atoms with Crippen LogP contribution in [0.4, 0.5) is 0 Å². The quantitative estimate of drug-likeness (QED) is 0.870. The molecule has 0 bridgehead atoms. The van der Waals surface area contributed by atoms with Gasteiger partial charge < -0.3 is 20.5 Å². The van der Waals surface area contributed by atoms with Gasteiger partial charge >= 0.3 is 0 Å². The Bertz CT molecular complexity index is 707. The van der Waals surface area contributed by atoms with Gasteiger partial charge in [-0.1, -0.05) is 6.07 Å². The number of amides is 1. The zero-order valence-corrected chi connectivity index (χ0v) is 12.6. The van der Waals surface area contributed by atoms with Crippen molar-refractivity contribution in [1.29, 1.82) is 0 Å². The lowest BCUT2D eigenvalue weighted by Crippen LogP contribution is -2.29. The molecule has 1 unspecified atom stereocenters. The molecule has 2 heterocycles. The molecular formula is C16H18N4O3. The monoisotopic (exact) mass is 314 g/mol. The van der Waals surface area contributed by atoms with Gasteiger partial charge in [-0.25, -0.2) is 9.97 Å². The number of hydrogen-bond donors (Lipinski definition) is 2. The highest BCUT2D eigenvalue weighted by molar-refractivity contribution is 5.94. The van der Waals surface area contributed by atoms with E-state index in [0.717, 1.165) is 0 Å². The van der Waals surface area contributed by atoms with E-state index < -0.39 is 6.10 Å². The fourth-order valence-corrected chi connectivity index (χ4v) is 2.47. The van der Waals surface area contributed by atoms with Gasteiger partial charge in [0.1, 0.15) is 12.1 Å². The van der Waals surface area contributed by atoms with Gasteiger partial charge in [-0.3, -0.25) is 4.79 Å². The zero-order valence-electron chi connectivity index (χ0n) is 12.6. The molecule has 23 heavy (non-hydrogen) atoms. The maximum absolute atomic E-state index is 12.4. The fourth-order valence-electron chi connectivity index (χ4n) is 2.47. The highest BCUT2D eigenvalue weighted by Gasteiger charge is 2.25. The molecule has 0 saturated carbocycles. The van der Waals surface area contributed by atoms with E-state index >= 15 is 0 Å². The van der Waals surface area contributed by atoms with Crippen LogP contribution in [0.2, 0.25) is 0 Å². The molecule has 0 radical (unpaired) electrons. The predicted molar refractivity (Wildman–Crippen MR) is 83.0 cm³/mol. The SMILES string of the molecule is NCc1cc(Oc2cccc(C(=O)N3CCC(O)C3)c2)ncn1. The molecule has 7 heteroatoms. The summed E-state index contributed by atoms with van der Waals surface area (Å²) in [5.74, 6) is 0.774. The largest absolute Gasteiger partial charge is 0.439 e. The zero-order chi connectivity index (χ0) is 16.2. The molecule has 0 aliphatic carbocycles. The number of aliphatic hydroxyl groups excluding tert-OH is 1. The van der Waals surface area contributed by atoms with Gasteiger partial charge in [-0.15, -0.1) is 0 Å². The molecule has 1 aliphatic heterocycles. The van der Waals surface area contributed by atoms with E-state index in [0.29, 0.717) is 48.9 Å². The van der Waals surface area contributed by atoms with Crippen molar-refractivity contribution < 1.29 is 14.6 Å². The Morgan fingerprint density at radius 2 is 2.26 bits per heavy atom. The molecule has 1 fully saturated rings. The van der Waals surface area contributed by atoms with E-state index in [4.69, 9.17) is 10.5 Å². The van der Waals surface area contributed by atoms with Crippen molar-refractivity contribution in [3.63, 3.8) is 0 Å². The van der Waals surface area contributed by atoms with E-state index in [1.807, 2.05) is 0 Å². The average molecular weight is 314 g/mol. The van der Waals surface area contributed by atoms with E-state index in [9.17, 15) is 9.90 Å². The van der Waals surface area contributed by atoms with Crippen molar-refractivity contribution in [2.45, 2.75) is 19.1 Å². The molecule has 1 aromatic heterocycles. The summed E-state index contributed by atoms with van der Waals surface area (Å²) in [6, 6.07) is 8.55. The molecule has 1 aromatic carbocycles.